The van der Waals surface area contributed by atoms with Gasteiger partial charge in [-0.2, -0.15) is 0 Å². The van der Waals surface area contributed by atoms with E-state index in [1.165, 1.54) is 16.8 Å². The molecular weight excluding hydrogens is 382 g/mol. The lowest BCUT2D eigenvalue weighted by Crippen LogP contribution is -2.38. The Morgan fingerprint density at radius 1 is 1.11 bits per heavy atom. The van der Waals surface area contributed by atoms with Crippen LogP contribution in [0.1, 0.15) is 32.1 Å². The molecule has 0 unspecified atom stereocenters. The molecule has 1 heterocycles. The minimum absolute atomic E-state index is 0.0155. The zero-order valence-electron chi connectivity index (χ0n) is 15.8. The molecule has 1 saturated heterocycles. The molecule has 4 amide bonds. The minimum Gasteiger partial charge on any atom is -0.336 e. The van der Waals surface area contributed by atoms with Crippen molar-refractivity contribution in [3.63, 3.8) is 0 Å². The number of rotatable bonds is 6. The van der Waals surface area contributed by atoms with Gasteiger partial charge in [-0.05, 0) is 37.1 Å². The van der Waals surface area contributed by atoms with Crippen LogP contribution in [0.15, 0.2) is 24.3 Å². The zero-order chi connectivity index (χ0) is 20.3. The van der Waals surface area contributed by atoms with Crippen molar-refractivity contribution in [2.24, 2.45) is 11.8 Å². The van der Waals surface area contributed by atoms with Gasteiger partial charge in [-0.15, -0.1) is 0 Å². The molecule has 0 radical (unpaired) electrons. The first-order chi connectivity index (χ1) is 13.4. The van der Waals surface area contributed by atoms with Gasteiger partial charge in [-0.25, -0.2) is 0 Å². The number of anilines is 1. The maximum atomic E-state index is 12.4. The molecule has 1 N–H and O–H groups in total. The molecule has 150 valence electrons. The molecule has 1 aliphatic heterocycles. The third kappa shape index (κ3) is 4.52. The Labute approximate surface area is 169 Å². The van der Waals surface area contributed by atoms with Crippen molar-refractivity contribution < 1.29 is 19.2 Å². The molecule has 2 atom stereocenters. The second-order valence-electron chi connectivity index (χ2n) is 7.38. The van der Waals surface area contributed by atoms with Gasteiger partial charge < -0.3 is 10.2 Å². The third-order valence-corrected chi connectivity index (χ3v) is 5.67. The molecule has 8 heteroatoms. The van der Waals surface area contributed by atoms with Crippen molar-refractivity contribution in [3.05, 3.63) is 29.3 Å². The summed E-state index contributed by atoms with van der Waals surface area (Å²) in [5.41, 5.74) is 0.589. The molecule has 7 nitrogen and oxygen atoms in total. The first-order valence-electron chi connectivity index (χ1n) is 9.51. The predicted molar refractivity (Wildman–Crippen MR) is 105 cm³/mol. The Morgan fingerprint density at radius 3 is 2.25 bits per heavy atom. The van der Waals surface area contributed by atoms with E-state index in [2.05, 4.69) is 5.32 Å². The fraction of sp³-hybridized carbons (Fsp3) is 0.500. The van der Waals surface area contributed by atoms with Crippen molar-refractivity contribution in [2.45, 2.75) is 32.1 Å². The number of halogens is 1. The Hall–Kier alpha value is -2.41. The summed E-state index contributed by atoms with van der Waals surface area (Å²) in [6.07, 6.45) is 3.47. The molecular formula is C20H24ClN3O4. The lowest BCUT2D eigenvalue weighted by molar-refractivity contribution is -0.141. The third-order valence-electron chi connectivity index (χ3n) is 5.42. The SMILES string of the molecule is CN(CC(=O)Nc1ccc(Cl)cc1)C(=O)CCN1C(=O)[C@@H]2CCCC[C@H]2C1=O. The second-order valence-corrected chi connectivity index (χ2v) is 7.82. The maximum absolute atomic E-state index is 12.4. The largest absolute Gasteiger partial charge is 0.336 e. The number of fused-ring (bicyclic) bond motifs is 1. The number of nitrogens with zero attached hydrogens (tertiary/aromatic N) is 2. The fourth-order valence-electron chi connectivity index (χ4n) is 3.89. The van der Waals surface area contributed by atoms with Gasteiger partial charge in [0.2, 0.25) is 23.6 Å². The first-order valence-corrected chi connectivity index (χ1v) is 9.89. The Bertz CT molecular complexity index is 756. The smallest absolute Gasteiger partial charge is 0.243 e. The average molecular weight is 406 g/mol. The summed E-state index contributed by atoms with van der Waals surface area (Å²) in [6, 6.07) is 6.67. The van der Waals surface area contributed by atoms with Crippen molar-refractivity contribution in [2.75, 3.05) is 25.5 Å². The molecule has 0 aromatic heterocycles. The molecule has 2 aliphatic rings. The number of benzene rings is 1. The van der Waals surface area contributed by atoms with Crippen LogP contribution in [-0.4, -0.2) is 53.6 Å². The highest BCUT2D eigenvalue weighted by Crippen LogP contribution is 2.37. The molecule has 1 aliphatic carbocycles. The van der Waals surface area contributed by atoms with Crippen LogP contribution in [0.4, 0.5) is 5.69 Å². The summed E-state index contributed by atoms with van der Waals surface area (Å²) >= 11 is 5.81. The van der Waals surface area contributed by atoms with E-state index in [0.717, 1.165) is 25.7 Å². The fourth-order valence-corrected chi connectivity index (χ4v) is 4.01. The second kappa shape index (κ2) is 8.73. The Kier molecular flexibility index (Phi) is 6.34. The zero-order valence-corrected chi connectivity index (χ0v) is 16.6. The summed E-state index contributed by atoms with van der Waals surface area (Å²) in [6.45, 7) is -0.0404. The molecule has 1 saturated carbocycles. The van der Waals surface area contributed by atoms with Crippen LogP contribution in [0.25, 0.3) is 0 Å². The van der Waals surface area contributed by atoms with Gasteiger partial charge >= 0.3 is 0 Å². The molecule has 3 rings (SSSR count). The lowest BCUT2D eigenvalue weighted by Gasteiger charge is -2.19. The first kappa shape index (κ1) is 20.3. The number of carbonyl (C=O) groups is 4. The number of likely N-dealkylation sites (tertiary alicyclic amines) is 1. The van der Waals surface area contributed by atoms with Gasteiger partial charge in [0, 0.05) is 30.7 Å². The van der Waals surface area contributed by atoms with Gasteiger partial charge in [0.1, 0.15) is 0 Å². The summed E-state index contributed by atoms with van der Waals surface area (Å²) < 4.78 is 0. The molecule has 28 heavy (non-hydrogen) atoms. The van der Waals surface area contributed by atoms with E-state index in [4.69, 9.17) is 11.6 Å². The molecule has 2 fully saturated rings. The quantitative estimate of drug-likeness (QED) is 0.736. The van der Waals surface area contributed by atoms with Crippen LogP contribution in [0.5, 0.6) is 0 Å². The number of likely N-dealkylation sites (N-methyl/N-ethyl adjacent to an activating group) is 1. The standard InChI is InChI=1S/C20H24ClN3O4/c1-23(12-17(25)22-14-8-6-13(21)7-9-14)18(26)10-11-24-19(27)15-4-2-3-5-16(15)20(24)28/h6-9,15-16H,2-5,10-12H2,1H3,(H,22,25)/t15-,16-/m1/s1. The number of hydrogen-bond donors (Lipinski definition) is 1. The predicted octanol–water partition coefficient (Wildman–Crippen LogP) is 2.30. The number of amides is 4. The number of hydrogen-bond acceptors (Lipinski definition) is 4. The van der Waals surface area contributed by atoms with Gasteiger partial charge in [-0.1, -0.05) is 24.4 Å². The maximum Gasteiger partial charge on any atom is 0.243 e. The Balaban J connectivity index is 1.47. The molecule has 0 bridgehead atoms. The van der Waals surface area contributed by atoms with Crippen molar-refractivity contribution in [3.8, 4) is 0 Å². The van der Waals surface area contributed by atoms with Crippen LogP contribution >= 0.6 is 11.6 Å². The molecule has 0 spiro atoms. The van der Waals surface area contributed by atoms with Crippen molar-refractivity contribution in [1.82, 2.24) is 9.80 Å². The van der Waals surface area contributed by atoms with E-state index in [0.29, 0.717) is 10.7 Å². The van der Waals surface area contributed by atoms with E-state index in [-0.39, 0.29) is 55.0 Å². The number of nitrogens with one attached hydrogen (secondary N) is 1. The number of imide groups is 1. The average Bonchev–Trinajstić information content (AvgIpc) is 2.92. The van der Waals surface area contributed by atoms with Gasteiger partial charge in [0.25, 0.3) is 0 Å². The van der Waals surface area contributed by atoms with Crippen LogP contribution in [0.3, 0.4) is 0 Å². The summed E-state index contributed by atoms with van der Waals surface area (Å²) in [5.74, 6) is -1.34. The van der Waals surface area contributed by atoms with Crippen molar-refractivity contribution >= 4 is 40.9 Å². The monoisotopic (exact) mass is 405 g/mol. The topological polar surface area (TPSA) is 86.8 Å². The van der Waals surface area contributed by atoms with Gasteiger partial charge in [-0.3, -0.25) is 24.1 Å². The van der Waals surface area contributed by atoms with E-state index in [9.17, 15) is 19.2 Å². The lowest BCUT2D eigenvalue weighted by atomic mass is 9.81. The summed E-state index contributed by atoms with van der Waals surface area (Å²) in [4.78, 5) is 51.8. The highest BCUT2D eigenvalue weighted by Gasteiger charge is 2.47. The van der Waals surface area contributed by atoms with E-state index < -0.39 is 0 Å². The summed E-state index contributed by atoms with van der Waals surface area (Å²) in [7, 11) is 1.52. The van der Waals surface area contributed by atoms with Gasteiger partial charge in [0.05, 0.1) is 18.4 Å². The number of carbonyl (C=O) groups excluding carboxylic acids is 4. The minimum atomic E-state index is -0.336. The highest BCUT2D eigenvalue weighted by molar-refractivity contribution is 6.30. The molecule has 1 aromatic carbocycles. The van der Waals surface area contributed by atoms with E-state index in [1.807, 2.05) is 0 Å². The molecule has 1 aromatic rings. The van der Waals surface area contributed by atoms with E-state index >= 15 is 0 Å². The van der Waals surface area contributed by atoms with Crippen molar-refractivity contribution in [1.29, 1.82) is 0 Å². The van der Waals surface area contributed by atoms with Crippen LogP contribution in [0.2, 0.25) is 5.02 Å². The summed E-state index contributed by atoms with van der Waals surface area (Å²) in [5, 5.41) is 3.26. The van der Waals surface area contributed by atoms with Crippen LogP contribution < -0.4 is 5.32 Å². The van der Waals surface area contributed by atoms with Crippen LogP contribution in [0, 0.1) is 11.8 Å². The van der Waals surface area contributed by atoms with Gasteiger partial charge in [0.15, 0.2) is 0 Å². The Morgan fingerprint density at radius 2 is 1.68 bits per heavy atom. The van der Waals surface area contributed by atoms with E-state index in [1.54, 1.807) is 24.3 Å². The van der Waals surface area contributed by atoms with Crippen LogP contribution in [-0.2, 0) is 19.2 Å². The normalized spacial score (nSPS) is 21.4. The highest BCUT2D eigenvalue weighted by atomic mass is 35.5.